The van der Waals surface area contributed by atoms with Gasteiger partial charge in [0, 0.05) is 18.5 Å². The number of hydrogen-bond donors (Lipinski definition) is 1. The minimum absolute atomic E-state index is 0.552. The standard InChI is InChI=1S/C14H26N4O/c1-11-9-12(5-6-15-11)14-13(19-4)10-16-18(14)8-7-17(2)3/h10-12,15H,5-9H2,1-4H3. The summed E-state index contributed by atoms with van der Waals surface area (Å²) < 4.78 is 7.63. The number of methoxy groups -OCH3 is 1. The van der Waals surface area contributed by atoms with Crippen molar-refractivity contribution in [1.82, 2.24) is 20.0 Å². The van der Waals surface area contributed by atoms with Gasteiger partial charge in [-0.25, -0.2) is 0 Å². The summed E-state index contributed by atoms with van der Waals surface area (Å²) in [6.45, 7) is 5.25. The molecule has 2 unspecified atom stereocenters. The predicted molar refractivity (Wildman–Crippen MR) is 76.8 cm³/mol. The minimum Gasteiger partial charge on any atom is -0.493 e. The molecule has 1 N–H and O–H groups in total. The van der Waals surface area contributed by atoms with Gasteiger partial charge < -0.3 is 15.0 Å². The first-order chi connectivity index (χ1) is 9.11. The number of piperidine rings is 1. The molecular formula is C14H26N4O. The highest BCUT2D eigenvalue weighted by Gasteiger charge is 2.26. The number of nitrogens with zero attached hydrogens (tertiary/aromatic N) is 3. The van der Waals surface area contributed by atoms with E-state index in [-0.39, 0.29) is 0 Å². The molecule has 2 heterocycles. The van der Waals surface area contributed by atoms with Crippen LogP contribution < -0.4 is 10.1 Å². The van der Waals surface area contributed by atoms with Crippen molar-refractivity contribution in [2.24, 2.45) is 0 Å². The maximum absolute atomic E-state index is 5.50. The van der Waals surface area contributed by atoms with Crippen molar-refractivity contribution in [2.45, 2.75) is 38.3 Å². The second-order valence-electron chi connectivity index (χ2n) is 5.70. The molecule has 0 amide bonds. The molecule has 1 aromatic heterocycles. The molecule has 1 aromatic rings. The van der Waals surface area contributed by atoms with Gasteiger partial charge in [-0.05, 0) is 40.4 Å². The maximum Gasteiger partial charge on any atom is 0.160 e. The third kappa shape index (κ3) is 3.48. The van der Waals surface area contributed by atoms with Crippen LogP contribution in [0, 0.1) is 0 Å². The minimum atomic E-state index is 0.552. The smallest absolute Gasteiger partial charge is 0.160 e. The van der Waals surface area contributed by atoms with Crippen LogP contribution in [-0.4, -0.2) is 55.0 Å². The zero-order valence-electron chi connectivity index (χ0n) is 12.5. The summed E-state index contributed by atoms with van der Waals surface area (Å²) in [5.41, 5.74) is 1.28. The van der Waals surface area contributed by atoms with Crippen LogP contribution in [0.5, 0.6) is 5.75 Å². The molecule has 5 nitrogen and oxygen atoms in total. The van der Waals surface area contributed by atoms with Crippen molar-refractivity contribution < 1.29 is 4.74 Å². The number of likely N-dealkylation sites (N-methyl/N-ethyl adjacent to an activating group) is 1. The maximum atomic E-state index is 5.50. The van der Waals surface area contributed by atoms with Gasteiger partial charge in [0.25, 0.3) is 0 Å². The van der Waals surface area contributed by atoms with E-state index in [9.17, 15) is 0 Å². The Hall–Kier alpha value is -1.07. The Morgan fingerprint density at radius 3 is 2.95 bits per heavy atom. The van der Waals surface area contributed by atoms with Gasteiger partial charge in [0.1, 0.15) is 0 Å². The topological polar surface area (TPSA) is 42.3 Å². The number of hydrogen-bond acceptors (Lipinski definition) is 4. The Labute approximate surface area is 115 Å². The van der Waals surface area contributed by atoms with E-state index in [0.29, 0.717) is 12.0 Å². The summed E-state index contributed by atoms with van der Waals surface area (Å²) in [7, 11) is 5.92. The summed E-state index contributed by atoms with van der Waals surface area (Å²) in [5, 5.41) is 8.01. The molecule has 2 atom stereocenters. The fourth-order valence-electron chi connectivity index (χ4n) is 2.80. The van der Waals surface area contributed by atoms with Crippen molar-refractivity contribution in [3.8, 4) is 5.75 Å². The lowest BCUT2D eigenvalue weighted by Crippen LogP contribution is -2.35. The molecule has 0 radical (unpaired) electrons. The lowest BCUT2D eigenvalue weighted by molar-refractivity contribution is 0.330. The van der Waals surface area contributed by atoms with E-state index >= 15 is 0 Å². The fourth-order valence-corrected chi connectivity index (χ4v) is 2.80. The van der Waals surface area contributed by atoms with Gasteiger partial charge in [0.2, 0.25) is 0 Å². The van der Waals surface area contributed by atoms with E-state index in [2.05, 4.69) is 41.0 Å². The van der Waals surface area contributed by atoms with Crippen molar-refractivity contribution in [3.63, 3.8) is 0 Å². The number of ether oxygens (including phenoxy) is 1. The molecule has 0 spiro atoms. The van der Waals surface area contributed by atoms with Crippen LogP contribution in [0.15, 0.2) is 6.20 Å². The molecule has 108 valence electrons. The normalized spacial score (nSPS) is 23.8. The molecule has 1 fully saturated rings. The predicted octanol–water partition coefficient (Wildman–Crippen LogP) is 1.31. The molecule has 5 heteroatoms. The van der Waals surface area contributed by atoms with Crippen LogP contribution in [0.4, 0.5) is 0 Å². The van der Waals surface area contributed by atoms with Gasteiger partial charge in [-0.15, -0.1) is 0 Å². The van der Waals surface area contributed by atoms with E-state index in [4.69, 9.17) is 4.74 Å². The SMILES string of the molecule is COc1cnn(CCN(C)C)c1C1CCNC(C)C1. The van der Waals surface area contributed by atoms with E-state index in [0.717, 1.165) is 38.2 Å². The Morgan fingerprint density at radius 2 is 2.32 bits per heavy atom. The molecule has 2 rings (SSSR count). The van der Waals surface area contributed by atoms with Crippen molar-refractivity contribution in [3.05, 3.63) is 11.9 Å². The van der Waals surface area contributed by atoms with Gasteiger partial charge in [-0.1, -0.05) is 0 Å². The molecule has 0 aliphatic carbocycles. The first kappa shape index (κ1) is 14.3. The molecule has 1 aliphatic heterocycles. The molecule has 1 saturated heterocycles. The monoisotopic (exact) mass is 266 g/mol. The van der Waals surface area contributed by atoms with Crippen LogP contribution in [0.2, 0.25) is 0 Å². The molecule has 0 saturated carbocycles. The third-order valence-electron chi connectivity index (χ3n) is 3.83. The second-order valence-corrected chi connectivity index (χ2v) is 5.70. The lowest BCUT2D eigenvalue weighted by atomic mass is 9.90. The molecular weight excluding hydrogens is 240 g/mol. The van der Waals surface area contributed by atoms with Crippen molar-refractivity contribution in [1.29, 1.82) is 0 Å². The average Bonchev–Trinajstić information content (AvgIpc) is 2.79. The zero-order valence-corrected chi connectivity index (χ0v) is 12.5. The summed E-state index contributed by atoms with van der Waals surface area (Å²) in [4.78, 5) is 2.18. The summed E-state index contributed by atoms with van der Waals surface area (Å²) in [6, 6.07) is 0.570. The Morgan fingerprint density at radius 1 is 1.53 bits per heavy atom. The van der Waals surface area contributed by atoms with Gasteiger partial charge >= 0.3 is 0 Å². The van der Waals surface area contributed by atoms with Gasteiger partial charge in [-0.3, -0.25) is 4.68 Å². The van der Waals surface area contributed by atoms with Crippen LogP contribution in [0.25, 0.3) is 0 Å². The van der Waals surface area contributed by atoms with E-state index in [1.807, 2.05) is 6.20 Å². The second kappa shape index (κ2) is 6.39. The highest BCUT2D eigenvalue weighted by atomic mass is 16.5. The Kier molecular flexibility index (Phi) is 4.82. The lowest BCUT2D eigenvalue weighted by Gasteiger charge is -2.29. The van der Waals surface area contributed by atoms with Gasteiger partial charge in [0.05, 0.1) is 25.5 Å². The van der Waals surface area contributed by atoms with Crippen LogP contribution in [-0.2, 0) is 6.54 Å². The highest BCUT2D eigenvalue weighted by Crippen LogP contribution is 2.33. The largest absolute Gasteiger partial charge is 0.493 e. The highest BCUT2D eigenvalue weighted by molar-refractivity contribution is 5.29. The number of aromatic nitrogens is 2. The zero-order chi connectivity index (χ0) is 13.8. The first-order valence-electron chi connectivity index (χ1n) is 7.09. The van der Waals surface area contributed by atoms with Gasteiger partial charge in [0.15, 0.2) is 5.75 Å². The van der Waals surface area contributed by atoms with Gasteiger partial charge in [-0.2, -0.15) is 5.10 Å². The molecule has 19 heavy (non-hydrogen) atoms. The van der Waals surface area contributed by atoms with E-state index in [1.54, 1.807) is 7.11 Å². The van der Waals surface area contributed by atoms with E-state index in [1.165, 1.54) is 5.69 Å². The molecule has 1 aliphatic rings. The van der Waals surface area contributed by atoms with Crippen LogP contribution in [0.3, 0.4) is 0 Å². The third-order valence-corrected chi connectivity index (χ3v) is 3.83. The summed E-state index contributed by atoms with van der Waals surface area (Å²) in [5.74, 6) is 1.49. The fraction of sp³-hybridized carbons (Fsp3) is 0.786. The Balaban J connectivity index is 2.17. The number of rotatable bonds is 5. The van der Waals surface area contributed by atoms with Crippen molar-refractivity contribution >= 4 is 0 Å². The van der Waals surface area contributed by atoms with Crippen molar-refractivity contribution in [2.75, 3.05) is 34.3 Å². The Bertz CT molecular complexity index is 402. The van der Waals surface area contributed by atoms with Crippen LogP contribution >= 0.6 is 0 Å². The number of nitrogens with one attached hydrogen (secondary N) is 1. The van der Waals surface area contributed by atoms with E-state index < -0.39 is 0 Å². The molecule has 0 bridgehead atoms. The average molecular weight is 266 g/mol. The first-order valence-corrected chi connectivity index (χ1v) is 7.09. The summed E-state index contributed by atoms with van der Waals surface area (Å²) in [6.07, 6.45) is 4.18. The molecule has 0 aromatic carbocycles. The quantitative estimate of drug-likeness (QED) is 0.872. The van der Waals surface area contributed by atoms with Crippen LogP contribution in [0.1, 0.15) is 31.4 Å². The summed E-state index contributed by atoms with van der Waals surface area (Å²) >= 11 is 0.